The molecule has 0 radical (unpaired) electrons. The number of hydrogen-bond acceptors (Lipinski definition) is 0. The van der Waals surface area contributed by atoms with E-state index in [0.29, 0.717) is 0 Å². The summed E-state index contributed by atoms with van der Waals surface area (Å²) in [4.78, 5) is 1.43. The van der Waals surface area contributed by atoms with Crippen molar-refractivity contribution < 1.29 is 0 Å². The predicted octanol–water partition coefficient (Wildman–Crippen LogP) is 7.07. The van der Waals surface area contributed by atoms with Crippen molar-refractivity contribution in [3.8, 4) is 4.90 Å². The Morgan fingerprint density at radius 3 is 1.83 bits per heavy atom. The minimum Gasteiger partial charge on any atom is -0.0654 e. The molecule has 0 amide bonds. The van der Waals surface area contributed by atoms with Gasteiger partial charge in [-0.05, 0) is 54.8 Å². The SMILES string of the molecule is CCCCc1ccc(-[s+]2c3ccccc3c3ccccc32)cc1. The lowest BCUT2D eigenvalue weighted by Gasteiger charge is -1.99. The molecule has 114 valence electrons. The van der Waals surface area contributed by atoms with Crippen LogP contribution < -0.4 is 0 Å². The fourth-order valence-electron chi connectivity index (χ4n) is 3.28. The zero-order valence-corrected chi connectivity index (χ0v) is 14.3. The van der Waals surface area contributed by atoms with Crippen molar-refractivity contribution in [2.45, 2.75) is 26.2 Å². The molecule has 23 heavy (non-hydrogen) atoms. The van der Waals surface area contributed by atoms with Crippen LogP contribution in [0, 0.1) is 0 Å². The summed E-state index contributed by atoms with van der Waals surface area (Å²) in [6.07, 6.45) is 3.72. The summed E-state index contributed by atoms with van der Waals surface area (Å²) in [6.45, 7) is 2.25. The number of rotatable bonds is 4. The second-order valence-corrected chi connectivity index (χ2v) is 8.01. The van der Waals surface area contributed by atoms with Gasteiger partial charge in [-0.3, -0.25) is 0 Å². The third-order valence-electron chi connectivity index (χ3n) is 4.48. The molecular formula is C22H21S+. The van der Waals surface area contributed by atoms with Gasteiger partial charge in [-0.2, -0.15) is 0 Å². The van der Waals surface area contributed by atoms with E-state index >= 15 is 0 Å². The van der Waals surface area contributed by atoms with Crippen molar-refractivity contribution in [2.75, 3.05) is 0 Å². The van der Waals surface area contributed by atoms with Gasteiger partial charge in [0.1, 0.15) is 0 Å². The van der Waals surface area contributed by atoms with Crippen LogP contribution >= 0.6 is 10.5 Å². The van der Waals surface area contributed by atoms with E-state index in [0.717, 1.165) is 0 Å². The van der Waals surface area contributed by atoms with Crippen molar-refractivity contribution in [1.29, 1.82) is 0 Å². The topological polar surface area (TPSA) is 0 Å². The van der Waals surface area contributed by atoms with Crippen LogP contribution in [0.4, 0.5) is 0 Å². The maximum atomic E-state index is 2.34. The van der Waals surface area contributed by atoms with Gasteiger partial charge in [-0.25, -0.2) is 0 Å². The zero-order valence-electron chi connectivity index (χ0n) is 13.5. The van der Waals surface area contributed by atoms with E-state index in [4.69, 9.17) is 0 Å². The molecule has 0 saturated carbocycles. The summed E-state index contributed by atoms with van der Waals surface area (Å²) in [5.41, 5.74) is 1.46. The molecule has 0 bridgehead atoms. The van der Waals surface area contributed by atoms with Gasteiger partial charge in [0.2, 0.25) is 0 Å². The summed E-state index contributed by atoms with van der Waals surface area (Å²) >= 11 is 0. The lowest BCUT2D eigenvalue weighted by molar-refractivity contribution is 0.795. The van der Waals surface area contributed by atoms with Gasteiger partial charge >= 0.3 is 0 Å². The van der Waals surface area contributed by atoms with Gasteiger partial charge in [-0.1, -0.05) is 49.7 Å². The molecule has 3 aromatic carbocycles. The third-order valence-corrected chi connectivity index (χ3v) is 6.82. The van der Waals surface area contributed by atoms with E-state index in [2.05, 4.69) is 79.7 Å². The molecule has 4 rings (SSSR count). The Balaban J connectivity index is 1.90. The average molecular weight is 317 g/mol. The summed E-state index contributed by atoms with van der Waals surface area (Å²) < 4.78 is 2.94. The monoisotopic (exact) mass is 317 g/mol. The lowest BCUT2D eigenvalue weighted by atomic mass is 10.1. The van der Waals surface area contributed by atoms with E-state index in [1.807, 2.05) is 0 Å². The minimum atomic E-state index is 0.0455. The average Bonchev–Trinajstić information content (AvgIpc) is 2.95. The summed E-state index contributed by atoms with van der Waals surface area (Å²) in [5.74, 6) is 0. The quantitative estimate of drug-likeness (QED) is 0.353. The fraction of sp³-hybridized carbons (Fsp3) is 0.182. The molecule has 1 heteroatoms. The number of unbranched alkanes of at least 4 members (excludes halogenated alkanes) is 1. The molecule has 0 N–H and O–H groups in total. The Labute approximate surface area is 140 Å². The van der Waals surface area contributed by atoms with Gasteiger partial charge in [0.25, 0.3) is 0 Å². The molecule has 0 nitrogen and oxygen atoms in total. The van der Waals surface area contributed by atoms with Crippen molar-refractivity contribution >= 4 is 30.6 Å². The predicted molar refractivity (Wildman–Crippen MR) is 104 cm³/mol. The molecule has 0 fully saturated rings. The van der Waals surface area contributed by atoms with Crippen molar-refractivity contribution in [2.24, 2.45) is 0 Å². The van der Waals surface area contributed by atoms with Gasteiger partial charge in [0, 0.05) is 21.2 Å². The molecule has 0 aliphatic carbocycles. The number of thiophene rings is 1. The molecule has 1 heterocycles. The highest BCUT2D eigenvalue weighted by Gasteiger charge is 2.22. The molecule has 0 aliphatic heterocycles. The van der Waals surface area contributed by atoms with Crippen LogP contribution in [-0.2, 0) is 6.42 Å². The highest BCUT2D eigenvalue weighted by Crippen LogP contribution is 2.48. The standard InChI is InChI=1S/C22H21S/c1-2-3-8-17-13-15-18(16-14-17)23-21-11-6-4-9-19(21)20-10-5-7-12-22(20)23/h4-7,9-16H,2-3,8H2,1H3/q+1. The van der Waals surface area contributed by atoms with Crippen LogP contribution in [0.5, 0.6) is 0 Å². The van der Waals surface area contributed by atoms with E-state index in [1.165, 1.54) is 49.9 Å². The van der Waals surface area contributed by atoms with Crippen LogP contribution in [0.3, 0.4) is 0 Å². The Morgan fingerprint density at radius 1 is 0.696 bits per heavy atom. The first kappa shape index (κ1) is 14.5. The highest BCUT2D eigenvalue weighted by atomic mass is 32.2. The van der Waals surface area contributed by atoms with Crippen LogP contribution in [0.2, 0.25) is 0 Å². The van der Waals surface area contributed by atoms with Gasteiger partial charge < -0.3 is 0 Å². The molecule has 0 atom stereocenters. The molecule has 4 aromatic rings. The second kappa shape index (κ2) is 6.17. The lowest BCUT2D eigenvalue weighted by Crippen LogP contribution is -1.83. The van der Waals surface area contributed by atoms with Gasteiger partial charge in [-0.15, -0.1) is 0 Å². The Morgan fingerprint density at radius 2 is 1.26 bits per heavy atom. The normalized spacial score (nSPS) is 11.3. The largest absolute Gasteiger partial charge is 0.187 e. The zero-order chi connectivity index (χ0) is 15.6. The van der Waals surface area contributed by atoms with Crippen LogP contribution in [0.1, 0.15) is 25.3 Å². The molecule has 0 aliphatic rings. The van der Waals surface area contributed by atoms with Crippen molar-refractivity contribution in [3.05, 3.63) is 78.4 Å². The first-order chi connectivity index (χ1) is 11.4. The molecule has 1 aromatic heterocycles. The fourth-order valence-corrected chi connectivity index (χ4v) is 5.66. The van der Waals surface area contributed by atoms with Crippen molar-refractivity contribution in [1.82, 2.24) is 0 Å². The van der Waals surface area contributed by atoms with Gasteiger partial charge in [0.15, 0.2) is 14.3 Å². The Kier molecular flexibility index (Phi) is 3.88. The molecule has 0 spiro atoms. The maximum Gasteiger partial charge on any atom is 0.187 e. The Hall–Kier alpha value is -2.12. The molecule has 0 unspecified atom stereocenters. The van der Waals surface area contributed by atoms with E-state index in [9.17, 15) is 0 Å². The third kappa shape index (κ3) is 2.55. The smallest absolute Gasteiger partial charge is 0.0654 e. The summed E-state index contributed by atoms with van der Waals surface area (Å²) in [7, 11) is 0.0455. The van der Waals surface area contributed by atoms with E-state index in [1.54, 1.807) is 0 Å². The summed E-state index contributed by atoms with van der Waals surface area (Å²) in [5, 5.41) is 2.81. The van der Waals surface area contributed by atoms with Gasteiger partial charge in [0.05, 0.1) is 0 Å². The van der Waals surface area contributed by atoms with Crippen LogP contribution in [-0.4, -0.2) is 0 Å². The molecular weight excluding hydrogens is 296 g/mol. The van der Waals surface area contributed by atoms with Crippen LogP contribution in [0.25, 0.3) is 25.1 Å². The Bertz CT molecular complexity index is 891. The maximum absolute atomic E-state index is 2.34. The van der Waals surface area contributed by atoms with E-state index < -0.39 is 0 Å². The first-order valence-corrected chi connectivity index (χ1v) is 9.62. The number of hydrogen-bond donors (Lipinski definition) is 0. The summed E-state index contributed by atoms with van der Waals surface area (Å²) in [6, 6.07) is 27.1. The number of benzene rings is 3. The molecule has 0 saturated heterocycles. The minimum absolute atomic E-state index is 0.0455. The van der Waals surface area contributed by atoms with Crippen molar-refractivity contribution in [3.63, 3.8) is 0 Å². The van der Waals surface area contributed by atoms with E-state index in [-0.39, 0.29) is 10.5 Å². The van der Waals surface area contributed by atoms with Crippen LogP contribution in [0.15, 0.2) is 72.8 Å². The number of aryl methyl sites for hydroxylation is 1. The first-order valence-electron chi connectivity index (χ1n) is 8.40. The number of fused-ring (bicyclic) bond motifs is 3. The highest BCUT2D eigenvalue weighted by molar-refractivity contribution is 7.50. The second-order valence-electron chi connectivity index (χ2n) is 6.05.